The summed E-state index contributed by atoms with van der Waals surface area (Å²) in [5.74, 6) is 1.47. The average Bonchev–Trinajstić information content (AvgIpc) is 3.61. The topological polar surface area (TPSA) is 74.3 Å². The van der Waals surface area contributed by atoms with E-state index >= 15 is 0 Å². The third kappa shape index (κ3) is 3.78. The first-order valence-electron chi connectivity index (χ1n) is 13.4. The Morgan fingerprint density at radius 2 is 1.39 bits per heavy atom. The fraction of sp³-hybridized carbons (Fsp3) is 0.0294. The first kappa shape index (κ1) is 23.2. The summed E-state index contributed by atoms with van der Waals surface area (Å²) in [5, 5.41) is 7.56. The normalized spacial score (nSPS) is 11.5. The lowest BCUT2D eigenvalue weighted by Gasteiger charge is -2.11. The zero-order chi connectivity index (χ0) is 27.3. The van der Waals surface area contributed by atoms with Gasteiger partial charge in [-0.25, -0.2) is 19.6 Å². The van der Waals surface area contributed by atoms with Gasteiger partial charge in [-0.05, 0) is 48.5 Å². The summed E-state index contributed by atoms with van der Waals surface area (Å²) in [5.41, 5.74) is 8.04. The molecule has 0 fully saturated rings. The predicted molar refractivity (Wildman–Crippen MR) is 163 cm³/mol. The van der Waals surface area contributed by atoms with Crippen LogP contribution in [0.1, 0.15) is 0 Å². The van der Waals surface area contributed by atoms with Crippen molar-refractivity contribution in [2.75, 3.05) is 0 Å². The smallest absolute Gasteiger partial charge is 0.160 e. The molecule has 0 atom stereocenters. The van der Waals surface area contributed by atoms with Crippen molar-refractivity contribution in [3.05, 3.63) is 122 Å². The van der Waals surface area contributed by atoms with Crippen LogP contribution in [0.3, 0.4) is 0 Å². The lowest BCUT2D eigenvalue weighted by Crippen LogP contribution is -1.98. The van der Waals surface area contributed by atoms with Gasteiger partial charge in [0.1, 0.15) is 6.33 Å². The van der Waals surface area contributed by atoms with Crippen molar-refractivity contribution in [1.82, 2.24) is 34.3 Å². The summed E-state index contributed by atoms with van der Waals surface area (Å²) >= 11 is 0. The second-order valence-corrected chi connectivity index (χ2v) is 9.99. The van der Waals surface area contributed by atoms with Crippen molar-refractivity contribution < 1.29 is 0 Å². The second-order valence-electron chi connectivity index (χ2n) is 9.99. The van der Waals surface area contributed by atoms with Crippen molar-refractivity contribution in [3.8, 4) is 39.7 Å². The van der Waals surface area contributed by atoms with Crippen LogP contribution in [0.25, 0.3) is 72.4 Å². The van der Waals surface area contributed by atoms with Crippen LogP contribution in [0.5, 0.6) is 0 Å². The molecule has 4 heterocycles. The number of para-hydroxylation sites is 1. The molecule has 0 aliphatic heterocycles. The lowest BCUT2D eigenvalue weighted by atomic mass is 10.0. The summed E-state index contributed by atoms with van der Waals surface area (Å²) in [6.45, 7) is 0. The van der Waals surface area contributed by atoms with Gasteiger partial charge < -0.3 is 4.57 Å². The molecule has 4 aromatic carbocycles. The summed E-state index contributed by atoms with van der Waals surface area (Å²) in [6, 6.07) is 35.5. The Hall–Kier alpha value is -5.69. The van der Waals surface area contributed by atoms with Gasteiger partial charge in [-0.2, -0.15) is 5.10 Å². The Morgan fingerprint density at radius 1 is 0.610 bits per heavy atom. The minimum atomic E-state index is 0.675. The van der Waals surface area contributed by atoms with E-state index < -0.39 is 0 Å². The van der Waals surface area contributed by atoms with Gasteiger partial charge in [0.15, 0.2) is 11.6 Å². The average molecular weight is 530 g/mol. The summed E-state index contributed by atoms with van der Waals surface area (Å²) in [7, 11) is 1.89. The SMILES string of the molecule is Cn1ncnc1-c1ccc2c(-c3ccccc3)nc(-c3ccc4c(c3)c3ccccc3n4-c3ccncc3)nc2c1. The van der Waals surface area contributed by atoms with Crippen molar-refractivity contribution in [2.24, 2.45) is 7.05 Å². The van der Waals surface area contributed by atoms with Gasteiger partial charge in [-0.1, -0.05) is 54.6 Å². The monoisotopic (exact) mass is 529 g/mol. The Balaban J connectivity index is 1.38. The first-order valence-corrected chi connectivity index (χ1v) is 13.4. The molecule has 7 nitrogen and oxygen atoms in total. The highest BCUT2D eigenvalue weighted by Crippen LogP contribution is 2.36. The van der Waals surface area contributed by atoms with E-state index in [1.54, 1.807) is 11.0 Å². The molecular weight excluding hydrogens is 506 g/mol. The summed E-state index contributed by atoms with van der Waals surface area (Å²) in [6.07, 6.45) is 5.22. The van der Waals surface area contributed by atoms with E-state index in [4.69, 9.17) is 9.97 Å². The molecule has 0 aliphatic rings. The quantitative estimate of drug-likeness (QED) is 0.240. The number of pyridine rings is 1. The maximum Gasteiger partial charge on any atom is 0.160 e. The van der Waals surface area contributed by atoms with Gasteiger partial charge in [-0.3, -0.25) is 4.98 Å². The van der Waals surface area contributed by atoms with Crippen LogP contribution >= 0.6 is 0 Å². The highest BCUT2D eigenvalue weighted by molar-refractivity contribution is 6.10. The maximum atomic E-state index is 5.14. The zero-order valence-corrected chi connectivity index (χ0v) is 22.2. The van der Waals surface area contributed by atoms with Crippen molar-refractivity contribution in [3.63, 3.8) is 0 Å². The van der Waals surface area contributed by atoms with Crippen LogP contribution in [-0.2, 0) is 7.05 Å². The van der Waals surface area contributed by atoms with Gasteiger partial charge in [0, 0.05) is 58.0 Å². The number of aromatic nitrogens is 7. The number of hydrogen-bond acceptors (Lipinski definition) is 5. The number of fused-ring (bicyclic) bond motifs is 4. The van der Waals surface area contributed by atoms with E-state index in [1.807, 2.05) is 49.8 Å². The second kappa shape index (κ2) is 9.20. The van der Waals surface area contributed by atoms with Crippen LogP contribution in [0, 0.1) is 0 Å². The maximum absolute atomic E-state index is 5.14. The van der Waals surface area contributed by atoms with E-state index in [0.717, 1.165) is 61.2 Å². The van der Waals surface area contributed by atoms with Crippen LogP contribution in [0.2, 0.25) is 0 Å². The van der Waals surface area contributed by atoms with Gasteiger partial charge in [0.25, 0.3) is 0 Å². The highest BCUT2D eigenvalue weighted by atomic mass is 15.3. The minimum Gasteiger partial charge on any atom is -0.309 e. The van der Waals surface area contributed by atoms with Gasteiger partial charge in [-0.15, -0.1) is 0 Å². The first-order chi connectivity index (χ1) is 20.2. The van der Waals surface area contributed by atoms with E-state index in [1.165, 1.54) is 5.39 Å². The molecule has 0 radical (unpaired) electrons. The molecule has 0 saturated carbocycles. The van der Waals surface area contributed by atoms with Gasteiger partial charge >= 0.3 is 0 Å². The Morgan fingerprint density at radius 3 is 2.22 bits per heavy atom. The standard InChI is InChI=1S/C34H23N7/c1-40-34(36-21-37-40)24-11-13-27-29(20-24)38-33(39-32(27)22-7-3-2-4-8-22)23-12-14-31-28(19-23)26-9-5-6-10-30(26)41(31)25-15-17-35-18-16-25/h2-21H,1H3. The molecule has 0 N–H and O–H groups in total. The van der Waals surface area contributed by atoms with Crippen LogP contribution in [0.4, 0.5) is 0 Å². The molecule has 8 aromatic rings. The molecule has 8 rings (SSSR count). The predicted octanol–water partition coefficient (Wildman–Crippen LogP) is 7.25. The third-order valence-corrected chi connectivity index (χ3v) is 7.57. The molecule has 0 spiro atoms. The number of benzene rings is 4. The Labute approximate surface area is 235 Å². The molecule has 7 heteroatoms. The lowest BCUT2D eigenvalue weighted by molar-refractivity contribution is 0.774. The molecule has 0 bridgehead atoms. The van der Waals surface area contributed by atoms with Crippen LogP contribution in [-0.4, -0.2) is 34.3 Å². The third-order valence-electron chi connectivity index (χ3n) is 7.57. The van der Waals surface area contributed by atoms with Gasteiger partial charge in [0.05, 0.1) is 22.2 Å². The van der Waals surface area contributed by atoms with E-state index in [2.05, 4.69) is 92.4 Å². The Bertz CT molecular complexity index is 2210. The number of nitrogens with zero attached hydrogens (tertiary/aromatic N) is 7. The largest absolute Gasteiger partial charge is 0.309 e. The zero-order valence-electron chi connectivity index (χ0n) is 22.2. The number of rotatable bonds is 4. The van der Waals surface area contributed by atoms with Crippen molar-refractivity contribution >= 4 is 32.7 Å². The molecule has 0 unspecified atom stereocenters. The number of hydrogen-bond donors (Lipinski definition) is 0. The van der Waals surface area contributed by atoms with E-state index in [9.17, 15) is 0 Å². The van der Waals surface area contributed by atoms with E-state index in [0.29, 0.717) is 5.82 Å². The molecule has 194 valence electrons. The minimum absolute atomic E-state index is 0.675. The summed E-state index contributed by atoms with van der Waals surface area (Å²) in [4.78, 5) is 18.9. The van der Waals surface area contributed by atoms with Crippen molar-refractivity contribution in [1.29, 1.82) is 0 Å². The molecule has 0 saturated heterocycles. The molecule has 41 heavy (non-hydrogen) atoms. The summed E-state index contributed by atoms with van der Waals surface area (Å²) < 4.78 is 4.05. The molecule has 0 amide bonds. The van der Waals surface area contributed by atoms with Crippen LogP contribution in [0.15, 0.2) is 122 Å². The Kier molecular flexibility index (Phi) is 5.21. The highest BCUT2D eigenvalue weighted by Gasteiger charge is 2.17. The number of aryl methyl sites for hydroxylation is 1. The van der Waals surface area contributed by atoms with E-state index in [-0.39, 0.29) is 0 Å². The van der Waals surface area contributed by atoms with Crippen molar-refractivity contribution in [2.45, 2.75) is 0 Å². The van der Waals surface area contributed by atoms with Gasteiger partial charge in [0.2, 0.25) is 0 Å². The fourth-order valence-electron chi connectivity index (χ4n) is 5.65. The van der Waals surface area contributed by atoms with Crippen LogP contribution < -0.4 is 0 Å². The molecule has 0 aliphatic carbocycles. The fourth-order valence-corrected chi connectivity index (χ4v) is 5.65. The molecular formula is C34H23N7. The molecule has 4 aromatic heterocycles.